The van der Waals surface area contributed by atoms with Gasteiger partial charge in [0.15, 0.2) is 0 Å². The number of anilines is 1. The number of benzene rings is 1. The average Bonchev–Trinajstić information content (AvgIpc) is 2.34. The molecule has 2 atom stereocenters. The van der Waals surface area contributed by atoms with E-state index in [2.05, 4.69) is 17.1 Å². The second-order valence-electron chi connectivity index (χ2n) is 5.67. The molecular formula is C15H22N2O2. The molecular weight excluding hydrogens is 240 g/mol. The van der Waals surface area contributed by atoms with Crippen LogP contribution in [-0.2, 0) is 4.79 Å². The molecule has 1 aliphatic heterocycles. The van der Waals surface area contributed by atoms with E-state index < -0.39 is 11.5 Å². The lowest BCUT2D eigenvalue weighted by atomic mass is 9.83. The van der Waals surface area contributed by atoms with Crippen LogP contribution in [0, 0.1) is 6.92 Å². The number of carbonyl (C=O) groups is 1. The number of carboxylic acids is 1. The topological polar surface area (TPSA) is 52.6 Å². The minimum Gasteiger partial charge on any atom is -0.480 e. The van der Waals surface area contributed by atoms with Crippen molar-refractivity contribution in [1.29, 1.82) is 0 Å². The number of aryl methyl sites for hydroxylation is 1. The van der Waals surface area contributed by atoms with Gasteiger partial charge >= 0.3 is 5.97 Å². The molecule has 0 saturated carbocycles. The third-order valence-corrected chi connectivity index (χ3v) is 4.10. The number of rotatable bonds is 3. The first-order valence-electron chi connectivity index (χ1n) is 6.71. The molecule has 1 aliphatic rings. The molecule has 0 amide bonds. The van der Waals surface area contributed by atoms with Gasteiger partial charge in [-0.2, -0.15) is 0 Å². The van der Waals surface area contributed by atoms with Crippen molar-refractivity contribution >= 4 is 11.7 Å². The van der Waals surface area contributed by atoms with Gasteiger partial charge in [-0.15, -0.1) is 0 Å². The molecule has 1 aromatic rings. The van der Waals surface area contributed by atoms with Gasteiger partial charge in [-0.3, -0.25) is 0 Å². The summed E-state index contributed by atoms with van der Waals surface area (Å²) in [7, 11) is 2.04. The lowest BCUT2D eigenvalue weighted by Crippen LogP contribution is -2.56. The second kappa shape index (κ2) is 5.21. The fourth-order valence-corrected chi connectivity index (χ4v) is 2.71. The first-order chi connectivity index (χ1) is 8.93. The standard InChI is InChI=1S/C15H22N2O2/c1-11-5-4-6-13(9-11)16-15(14(18)19)7-8-17(3)12(2)10-15/h4-6,9,12,16H,7-8,10H2,1-3H3,(H,18,19). The predicted molar refractivity (Wildman–Crippen MR) is 76.5 cm³/mol. The van der Waals surface area contributed by atoms with Crippen LogP contribution in [0.5, 0.6) is 0 Å². The first-order valence-corrected chi connectivity index (χ1v) is 6.71. The van der Waals surface area contributed by atoms with Gasteiger partial charge in [-0.05, 0) is 51.4 Å². The zero-order chi connectivity index (χ0) is 14.0. The van der Waals surface area contributed by atoms with Crippen LogP contribution < -0.4 is 5.32 Å². The monoisotopic (exact) mass is 262 g/mol. The molecule has 1 fully saturated rings. The molecule has 0 bridgehead atoms. The molecule has 2 rings (SSSR count). The Morgan fingerprint density at radius 3 is 2.84 bits per heavy atom. The van der Waals surface area contributed by atoms with Crippen molar-refractivity contribution in [1.82, 2.24) is 4.90 Å². The van der Waals surface area contributed by atoms with E-state index in [1.807, 2.05) is 38.2 Å². The predicted octanol–water partition coefficient (Wildman–Crippen LogP) is 2.34. The van der Waals surface area contributed by atoms with Gasteiger partial charge in [0.1, 0.15) is 5.54 Å². The normalized spacial score (nSPS) is 28.1. The van der Waals surface area contributed by atoms with Crippen LogP contribution in [0.4, 0.5) is 5.69 Å². The minimum atomic E-state index is -0.848. The summed E-state index contributed by atoms with van der Waals surface area (Å²) in [6.07, 6.45) is 1.24. The molecule has 104 valence electrons. The summed E-state index contributed by atoms with van der Waals surface area (Å²) < 4.78 is 0. The average molecular weight is 262 g/mol. The summed E-state index contributed by atoms with van der Waals surface area (Å²) >= 11 is 0. The van der Waals surface area contributed by atoms with Crippen molar-refractivity contribution in [2.24, 2.45) is 0 Å². The summed E-state index contributed by atoms with van der Waals surface area (Å²) in [6.45, 7) is 4.89. The van der Waals surface area contributed by atoms with E-state index in [0.717, 1.165) is 17.8 Å². The zero-order valence-electron chi connectivity index (χ0n) is 11.8. The van der Waals surface area contributed by atoms with Crippen molar-refractivity contribution in [3.63, 3.8) is 0 Å². The van der Waals surface area contributed by atoms with Crippen molar-refractivity contribution in [2.45, 2.75) is 38.3 Å². The Labute approximate surface area is 114 Å². The molecule has 1 heterocycles. The SMILES string of the molecule is Cc1cccc(NC2(C(=O)O)CCN(C)C(C)C2)c1. The number of nitrogens with one attached hydrogen (secondary N) is 1. The van der Waals surface area contributed by atoms with Crippen molar-refractivity contribution < 1.29 is 9.90 Å². The summed E-state index contributed by atoms with van der Waals surface area (Å²) in [5.74, 6) is -0.756. The van der Waals surface area contributed by atoms with Crippen LogP contribution in [0.15, 0.2) is 24.3 Å². The molecule has 0 radical (unpaired) electrons. The Kier molecular flexibility index (Phi) is 3.80. The van der Waals surface area contributed by atoms with E-state index >= 15 is 0 Å². The van der Waals surface area contributed by atoms with E-state index in [1.54, 1.807) is 0 Å². The van der Waals surface area contributed by atoms with Crippen LogP contribution in [0.1, 0.15) is 25.3 Å². The summed E-state index contributed by atoms with van der Waals surface area (Å²) in [5.41, 5.74) is 1.17. The highest BCUT2D eigenvalue weighted by atomic mass is 16.4. The molecule has 2 unspecified atom stereocenters. The number of hydrogen-bond donors (Lipinski definition) is 2. The smallest absolute Gasteiger partial charge is 0.329 e. The Morgan fingerprint density at radius 1 is 1.53 bits per heavy atom. The van der Waals surface area contributed by atoms with E-state index in [-0.39, 0.29) is 6.04 Å². The molecule has 19 heavy (non-hydrogen) atoms. The molecule has 2 N–H and O–H groups in total. The van der Waals surface area contributed by atoms with Crippen LogP contribution in [0.25, 0.3) is 0 Å². The Morgan fingerprint density at radius 2 is 2.26 bits per heavy atom. The second-order valence-corrected chi connectivity index (χ2v) is 5.67. The maximum Gasteiger partial charge on any atom is 0.329 e. The van der Waals surface area contributed by atoms with E-state index in [0.29, 0.717) is 12.8 Å². The van der Waals surface area contributed by atoms with Crippen LogP contribution in [0.2, 0.25) is 0 Å². The fourth-order valence-electron chi connectivity index (χ4n) is 2.71. The maximum absolute atomic E-state index is 11.7. The highest BCUT2D eigenvalue weighted by Gasteiger charge is 2.43. The molecule has 0 spiro atoms. The lowest BCUT2D eigenvalue weighted by Gasteiger charge is -2.42. The molecule has 1 saturated heterocycles. The fraction of sp³-hybridized carbons (Fsp3) is 0.533. The molecule has 0 aromatic heterocycles. The summed E-state index contributed by atoms with van der Waals surface area (Å²) in [4.78, 5) is 13.9. The lowest BCUT2D eigenvalue weighted by molar-refractivity contribution is -0.144. The third-order valence-electron chi connectivity index (χ3n) is 4.10. The van der Waals surface area contributed by atoms with Crippen LogP contribution >= 0.6 is 0 Å². The van der Waals surface area contributed by atoms with E-state index in [9.17, 15) is 9.90 Å². The van der Waals surface area contributed by atoms with Crippen LogP contribution in [0.3, 0.4) is 0 Å². The molecule has 1 aromatic carbocycles. The number of hydrogen-bond acceptors (Lipinski definition) is 3. The van der Waals surface area contributed by atoms with Crippen molar-refractivity contribution in [3.05, 3.63) is 29.8 Å². The Hall–Kier alpha value is -1.55. The molecule has 0 aliphatic carbocycles. The van der Waals surface area contributed by atoms with Gasteiger partial charge in [0.25, 0.3) is 0 Å². The van der Waals surface area contributed by atoms with Gasteiger partial charge in [0.2, 0.25) is 0 Å². The highest BCUT2D eigenvalue weighted by Crippen LogP contribution is 2.30. The largest absolute Gasteiger partial charge is 0.480 e. The highest BCUT2D eigenvalue weighted by molar-refractivity contribution is 5.83. The number of likely N-dealkylation sites (tertiary alicyclic amines) is 1. The quantitative estimate of drug-likeness (QED) is 0.878. The van der Waals surface area contributed by atoms with Gasteiger partial charge in [0, 0.05) is 18.3 Å². The zero-order valence-corrected chi connectivity index (χ0v) is 11.8. The minimum absolute atomic E-state index is 0.266. The molecule has 4 nitrogen and oxygen atoms in total. The summed E-state index contributed by atoms with van der Waals surface area (Å²) in [5, 5.41) is 12.9. The van der Waals surface area contributed by atoms with E-state index in [1.165, 1.54) is 0 Å². The van der Waals surface area contributed by atoms with Gasteiger partial charge in [-0.25, -0.2) is 4.79 Å². The van der Waals surface area contributed by atoms with E-state index in [4.69, 9.17) is 0 Å². The van der Waals surface area contributed by atoms with Gasteiger partial charge in [-0.1, -0.05) is 12.1 Å². The number of piperidine rings is 1. The third kappa shape index (κ3) is 2.89. The van der Waals surface area contributed by atoms with Crippen molar-refractivity contribution in [3.8, 4) is 0 Å². The maximum atomic E-state index is 11.7. The summed E-state index contributed by atoms with van der Waals surface area (Å²) in [6, 6.07) is 8.15. The van der Waals surface area contributed by atoms with Gasteiger partial charge in [0.05, 0.1) is 0 Å². The Bertz CT molecular complexity index is 475. The van der Waals surface area contributed by atoms with Gasteiger partial charge < -0.3 is 15.3 Å². The number of aliphatic carboxylic acids is 1. The number of carboxylic acid groups (broad SMARTS) is 1. The van der Waals surface area contributed by atoms with Crippen LogP contribution in [-0.4, -0.2) is 41.1 Å². The molecule has 4 heteroatoms. The Balaban J connectivity index is 2.23. The first kappa shape index (κ1) is 13.9. The number of nitrogens with zero attached hydrogens (tertiary/aromatic N) is 1. The van der Waals surface area contributed by atoms with Crippen molar-refractivity contribution in [2.75, 3.05) is 18.9 Å².